The Labute approximate surface area is 259 Å². The highest BCUT2D eigenvalue weighted by atomic mass is 32.1. The number of benzene rings is 2. The lowest BCUT2D eigenvalue weighted by molar-refractivity contribution is -0.142. The molecule has 0 aliphatic heterocycles. The fraction of sp³-hybridized carbons (Fsp3) is 0.345. The van der Waals surface area contributed by atoms with E-state index in [1.807, 2.05) is 24.3 Å². The average Bonchev–Trinajstić information content (AvgIpc) is 3.40. The van der Waals surface area contributed by atoms with Crippen molar-refractivity contribution in [2.45, 2.75) is 49.9 Å². The number of phenolic OH excluding ortho intramolecular Hbond substituents is 1. The van der Waals surface area contributed by atoms with Crippen LogP contribution in [0.3, 0.4) is 0 Å². The maximum absolute atomic E-state index is 13.4. The minimum atomic E-state index is -1.29. The first-order valence-corrected chi connectivity index (χ1v) is 14.5. The number of carbonyl (C=O) groups excluding carboxylic acids is 3. The molecule has 3 aromatic rings. The summed E-state index contributed by atoms with van der Waals surface area (Å²) in [5.74, 6) is -3.53. The van der Waals surface area contributed by atoms with Gasteiger partial charge in [0.05, 0.1) is 6.04 Å². The highest BCUT2D eigenvalue weighted by Crippen LogP contribution is 2.19. The number of amides is 3. The topological polar surface area (TPSA) is 251 Å². The van der Waals surface area contributed by atoms with Gasteiger partial charge < -0.3 is 48.3 Å². The monoisotopic (exact) mass is 626 g/mol. The molecule has 12 N–H and O–H groups in total. The number of guanidine groups is 1. The van der Waals surface area contributed by atoms with Gasteiger partial charge in [-0.15, -0.1) is 0 Å². The number of H-pyrrole nitrogens is 1. The van der Waals surface area contributed by atoms with Crippen molar-refractivity contribution < 1.29 is 29.4 Å². The standard InChI is InChI=1S/C29H38N8O6S/c30-20(5-3-11-33-29(31)32)25(39)35-22(12-16-7-9-18(38)10-8-16)26(40)37-24(15-44)27(41)36-23(28(42)43)13-17-14-34-21-6-2-1-4-19(17)21/h1-2,4,6-10,14,20,22-24,34,38,44H,3,5,11-13,15,30H2,(H,35,39)(H,36,41)(H,37,40)(H,42,43)(H4,31,32,33). The molecule has 0 aliphatic carbocycles. The molecule has 236 valence electrons. The second kappa shape index (κ2) is 16.2. The van der Waals surface area contributed by atoms with Crippen LogP contribution in [0.15, 0.2) is 59.7 Å². The van der Waals surface area contributed by atoms with E-state index in [9.17, 15) is 29.4 Å². The van der Waals surface area contributed by atoms with Crippen LogP contribution in [0, 0.1) is 0 Å². The van der Waals surface area contributed by atoms with Gasteiger partial charge in [-0.2, -0.15) is 12.6 Å². The molecule has 1 heterocycles. The smallest absolute Gasteiger partial charge is 0.326 e. The van der Waals surface area contributed by atoms with Crippen molar-refractivity contribution in [3.05, 3.63) is 65.9 Å². The fourth-order valence-electron chi connectivity index (χ4n) is 4.47. The van der Waals surface area contributed by atoms with E-state index in [1.165, 1.54) is 12.1 Å². The summed E-state index contributed by atoms with van der Waals surface area (Å²) in [5.41, 5.74) is 18.8. The molecule has 0 aliphatic rings. The molecule has 44 heavy (non-hydrogen) atoms. The third-order valence-electron chi connectivity index (χ3n) is 6.84. The number of carbonyl (C=O) groups is 4. The van der Waals surface area contributed by atoms with Crippen LogP contribution in [0.25, 0.3) is 10.9 Å². The van der Waals surface area contributed by atoms with Gasteiger partial charge >= 0.3 is 5.97 Å². The molecule has 3 amide bonds. The Morgan fingerprint density at radius 2 is 1.52 bits per heavy atom. The van der Waals surface area contributed by atoms with Crippen molar-refractivity contribution in [1.82, 2.24) is 20.9 Å². The van der Waals surface area contributed by atoms with E-state index in [1.54, 1.807) is 18.3 Å². The molecule has 15 heteroatoms. The summed E-state index contributed by atoms with van der Waals surface area (Å²) in [6.07, 6.45) is 2.36. The predicted molar refractivity (Wildman–Crippen MR) is 169 cm³/mol. The average molecular weight is 627 g/mol. The van der Waals surface area contributed by atoms with Gasteiger partial charge in [-0.25, -0.2) is 4.79 Å². The Bertz CT molecular complexity index is 1470. The van der Waals surface area contributed by atoms with Gasteiger partial charge in [-0.05, 0) is 42.2 Å². The number of hydrogen-bond donors (Lipinski definition) is 10. The Morgan fingerprint density at radius 3 is 2.18 bits per heavy atom. The van der Waals surface area contributed by atoms with Crippen molar-refractivity contribution in [3.63, 3.8) is 0 Å². The summed E-state index contributed by atoms with van der Waals surface area (Å²) in [6, 6.07) is 8.78. The Balaban J connectivity index is 1.70. The van der Waals surface area contributed by atoms with E-state index < -0.39 is 47.9 Å². The predicted octanol–water partition coefficient (Wildman–Crippen LogP) is -0.492. The molecule has 1 aromatic heterocycles. The highest BCUT2D eigenvalue weighted by molar-refractivity contribution is 7.80. The number of nitrogens with zero attached hydrogens (tertiary/aromatic N) is 1. The molecule has 0 spiro atoms. The maximum Gasteiger partial charge on any atom is 0.326 e. The number of aromatic amines is 1. The van der Waals surface area contributed by atoms with Gasteiger partial charge in [0.15, 0.2) is 5.96 Å². The van der Waals surface area contributed by atoms with E-state index in [-0.39, 0.29) is 43.3 Å². The summed E-state index contributed by atoms with van der Waals surface area (Å²) in [5, 5.41) is 28.0. The number of aliphatic carboxylic acids is 1. The van der Waals surface area contributed by atoms with E-state index in [0.717, 1.165) is 10.9 Å². The van der Waals surface area contributed by atoms with E-state index in [4.69, 9.17) is 17.2 Å². The van der Waals surface area contributed by atoms with E-state index >= 15 is 0 Å². The number of carboxylic acids is 1. The first-order chi connectivity index (χ1) is 21.0. The van der Waals surface area contributed by atoms with Crippen molar-refractivity contribution in [1.29, 1.82) is 0 Å². The highest BCUT2D eigenvalue weighted by Gasteiger charge is 2.30. The van der Waals surface area contributed by atoms with Crippen molar-refractivity contribution >= 4 is 53.2 Å². The van der Waals surface area contributed by atoms with Gasteiger partial charge in [0, 0.05) is 42.2 Å². The number of fused-ring (bicyclic) bond motifs is 1. The number of hydrogen-bond acceptors (Lipinski definition) is 8. The fourth-order valence-corrected chi connectivity index (χ4v) is 4.72. The Kier molecular flexibility index (Phi) is 12.4. The van der Waals surface area contributed by atoms with E-state index in [2.05, 4.69) is 38.6 Å². The quantitative estimate of drug-likeness (QED) is 0.0425. The third kappa shape index (κ3) is 9.91. The van der Waals surface area contributed by atoms with Crippen LogP contribution in [0.5, 0.6) is 5.75 Å². The zero-order chi connectivity index (χ0) is 32.2. The molecule has 3 rings (SSSR count). The number of nitrogens with two attached hydrogens (primary N) is 3. The van der Waals surface area contributed by atoms with Crippen LogP contribution in [0.4, 0.5) is 0 Å². The van der Waals surface area contributed by atoms with Crippen LogP contribution >= 0.6 is 12.6 Å². The number of aromatic hydroxyl groups is 1. The number of carboxylic acid groups (broad SMARTS) is 1. The molecule has 4 atom stereocenters. The van der Waals surface area contributed by atoms with Crippen LogP contribution in [0.1, 0.15) is 24.0 Å². The van der Waals surface area contributed by atoms with Crippen LogP contribution < -0.4 is 33.2 Å². The number of rotatable bonds is 16. The van der Waals surface area contributed by atoms with Crippen molar-refractivity contribution in [2.75, 3.05) is 12.3 Å². The van der Waals surface area contributed by atoms with E-state index in [0.29, 0.717) is 17.5 Å². The third-order valence-corrected chi connectivity index (χ3v) is 7.21. The molecule has 0 saturated heterocycles. The molecule has 0 bridgehead atoms. The Hall–Kier alpha value is -4.76. The molecule has 0 fully saturated rings. The maximum atomic E-state index is 13.4. The lowest BCUT2D eigenvalue weighted by Crippen LogP contribution is -2.58. The van der Waals surface area contributed by atoms with Crippen LogP contribution in [-0.2, 0) is 32.0 Å². The zero-order valence-corrected chi connectivity index (χ0v) is 24.8. The largest absolute Gasteiger partial charge is 0.508 e. The van der Waals surface area contributed by atoms with Crippen molar-refractivity contribution in [3.8, 4) is 5.75 Å². The summed E-state index contributed by atoms with van der Waals surface area (Å²) in [7, 11) is 0. The molecule has 2 aromatic carbocycles. The zero-order valence-electron chi connectivity index (χ0n) is 23.9. The summed E-state index contributed by atoms with van der Waals surface area (Å²) in [6.45, 7) is 0.275. The number of para-hydroxylation sites is 1. The van der Waals surface area contributed by atoms with Crippen LogP contribution in [0.2, 0.25) is 0 Å². The van der Waals surface area contributed by atoms with Crippen molar-refractivity contribution in [2.24, 2.45) is 22.2 Å². The second-order valence-electron chi connectivity index (χ2n) is 10.2. The lowest BCUT2D eigenvalue weighted by atomic mass is 10.0. The first-order valence-electron chi connectivity index (χ1n) is 13.9. The lowest BCUT2D eigenvalue weighted by Gasteiger charge is -2.24. The number of aromatic nitrogens is 1. The molecule has 0 saturated carbocycles. The summed E-state index contributed by atoms with van der Waals surface area (Å²) >= 11 is 4.19. The Morgan fingerprint density at radius 1 is 0.886 bits per heavy atom. The molecule has 0 radical (unpaired) electrons. The normalized spacial score (nSPS) is 13.7. The minimum absolute atomic E-state index is 0.00106. The van der Waals surface area contributed by atoms with Gasteiger partial charge in [-0.3, -0.25) is 19.4 Å². The number of phenols is 1. The van der Waals surface area contributed by atoms with Crippen LogP contribution in [-0.4, -0.2) is 81.3 Å². The minimum Gasteiger partial charge on any atom is -0.508 e. The second-order valence-corrected chi connectivity index (χ2v) is 10.6. The molecule has 14 nitrogen and oxygen atoms in total. The number of nitrogens with one attached hydrogen (secondary N) is 4. The number of aliphatic imine (C=N–C) groups is 1. The number of thiol groups is 1. The SMILES string of the molecule is NC(N)=NCCCC(N)C(=O)NC(Cc1ccc(O)cc1)C(=O)NC(CS)C(=O)NC(Cc1c[nH]c2ccccc12)C(=O)O. The van der Waals surface area contributed by atoms with Gasteiger partial charge in [0.2, 0.25) is 17.7 Å². The van der Waals surface area contributed by atoms with Gasteiger partial charge in [0.25, 0.3) is 0 Å². The summed E-state index contributed by atoms with van der Waals surface area (Å²) < 4.78 is 0. The molecular weight excluding hydrogens is 588 g/mol. The molecule has 4 unspecified atom stereocenters. The molecular formula is C29H38N8O6S. The summed E-state index contributed by atoms with van der Waals surface area (Å²) in [4.78, 5) is 58.4. The van der Waals surface area contributed by atoms with Gasteiger partial charge in [0.1, 0.15) is 23.9 Å². The van der Waals surface area contributed by atoms with Gasteiger partial charge in [-0.1, -0.05) is 30.3 Å². The first kappa shape index (κ1) is 33.7.